The van der Waals surface area contributed by atoms with E-state index in [-0.39, 0.29) is 0 Å². The Morgan fingerprint density at radius 2 is 1.50 bits per heavy atom. The van der Waals surface area contributed by atoms with Gasteiger partial charge in [-0.15, -0.1) is 5.06 Å². The van der Waals surface area contributed by atoms with E-state index in [4.69, 9.17) is 4.84 Å². The normalized spacial score (nSPS) is 9.65. The molecule has 20 heavy (non-hydrogen) atoms. The highest BCUT2D eigenvalue weighted by atomic mass is 16.7. The number of urea groups is 1. The summed E-state index contributed by atoms with van der Waals surface area (Å²) >= 11 is 0. The van der Waals surface area contributed by atoms with Crippen LogP contribution in [-0.2, 0) is 9.63 Å². The standard InChI is InChI=1S/C15H14N2O3/c1-12(18)20-17(14-10-6-3-7-11-14)15(19)16-13-8-4-2-5-9-13/h2-11H,1H3,(H,16,19). The molecule has 0 spiro atoms. The van der Waals surface area contributed by atoms with E-state index < -0.39 is 12.0 Å². The predicted octanol–water partition coefficient (Wildman–Crippen LogP) is 3.20. The minimum absolute atomic E-state index is 0.469. The van der Waals surface area contributed by atoms with Crippen molar-refractivity contribution in [2.75, 3.05) is 10.4 Å². The summed E-state index contributed by atoms with van der Waals surface area (Å²) in [5, 5.41) is 3.58. The van der Waals surface area contributed by atoms with Crippen molar-refractivity contribution in [1.82, 2.24) is 0 Å². The average molecular weight is 270 g/mol. The molecule has 0 heterocycles. The van der Waals surface area contributed by atoms with Gasteiger partial charge >= 0.3 is 12.0 Å². The van der Waals surface area contributed by atoms with Crippen LogP contribution in [0.5, 0.6) is 0 Å². The monoisotopic (exact) mass is 270 g/mol. The lowest BCUT2D eigenvalue weighted by Crippen LogP contribution is -2.36. The van der Waals surface area contributed by atoms with Crippen molar-refractivity contribution in [3.63, 3.8) is 0 Å². The number of anilines is 2. The molecule has 5 nitrogen and oxygen atoms in total. The van der Waals surface area contributed by atoms with Crippen molar-refractivity contribution in [2.45, 2.75) is 6.92 Å². The van der Waals surface area contributed by atoms with Gasteiger partial charge < -0.3 is 10.2 Å². The van der Waals surface area contributed by atoms with Crippen molar-refractivity contribution in [3.05, 3.63) is 60.7 Å². The first-order valence-electron chi connectivity index (χ1n) is 6.06. The first-order chi connectivity index (χ1) is 9.66. The smallest absolute Gasteiger partial charge is 0.332 e. The number of benzene rings is 2. The fourth-order valence-electron chi connectivity index (χ4n) is 1.60. The summed E-state index contributed by atoms with van der Waals surface area (Å²) in [6, 6.07) is 17.1. The first-order valence-corrected chi connectivity index (χ1v) is 6.06. The zero-order chi connectivity index (χ0) is 14.4. The van der Waals surface area contributed by atoms with Crippen LogP contribution in [0.1, 0.15) is 6.92 Å². The van der Waals surface area contributed by atoms with Crippen LogP contribution in [0.15, 0.2) is 60.7 Å². The maximum absolute atomic E-state index is 12.2. The third-order valence-corrected chi connectivity index (χ3v) is 2.42. The molecular weight excluding hydrogens is 256 g/mol. The van der Waals surface area contributed by atoms with Gasteiger partial charge in [-0.2, -0.15) is 0 Å². The number of nitrogens with zero attached hydrogens (tertiary/aromatic N) is 1. The molecule has 2 aromatic rings. The highest BCUT2D eigenvalue weighted by Crippen LogP contribution is 2.16. The molecule has 5 heteroatoms. The number of hydroxylamine groups is 1. The number of carbonyl (C=O) groups excluding carboxylic acids is 2. The maximum Gasteiger partial charge on any atom is 0.359 e. The van der Waals surface area contributed by atoms with Crippen LogP contribution in [0.4, 0.5) is 16.2 Å². The summed E-state index contributed by atoms with van der Waals surface area (Å²) in [4.78, 5) is 28.3. The lowest BCUT2D eigenvalue weighted by Gasteiger charge is -2.20. The molecule has 0 bridgehead atoms. The molecule has 0 saturated heterocycles. The number of amides is 2. The molecule has 102 valence electrons. The first kappa shape index (κ1) is 13.6. The van der Waals surface area contributed by atoms with Gasteiger partial charge in [0.1, 0.15) is 0 Å². The second-order valence-electron chi connectivity index (χ2n) is 4.01. The highest BCUT2D eigenvalue weighted by Gasteiger charge is 2.19. The van der Waals surface area contributed by atoms with Gasteiger partial charge in [-0.1, -0.05) is 36.4 Å². The number of hydrogen-bond donors (Lipinski definition) is 1. The summed E-state index contributed by atoms with van der Waals surface area (Å²) in [6.45, 7) is 1.24. The van der Waals surface area contributed by atoms with Gasteiger partial charge in [0.2, 0.25) is 0 Å². The summed E-state index contributed by atoms with van der Waals surface area (Å²) in [7, 11) is 0. The molecule has 0 aliphatic carbocycles. The molecule has 0 fully saturated rings. The van der Waals surface area contributed by atoms with E-state index in [1.807, 2.05) is 12.1 Å². The Balaban J connectivity index is 2.18. The topological polar surface area (TPSA) is 58.6 Å². The van der Waals surface area contributed by atoms with Crippen molar-refractivity contribution >= 4 is 23.4 Å². The SMILES string of the molecule is CC(=O)ON(C(=O)Nc1ccccc1)c1ccccc1. The number of rotatable bonds is 2. The molecule has 0 unspecified atom stereocenters. The van der Waals surface area contributed by atoms with Crippen LogP contribution < -0.4 is 10.4 Å². The zero-order valence-corrected chi connectivity index (χ0v) is 10.9. The van der Waals surface area contributed by atoms with Gasteiger partial charge in [0.25, 0.3) is 0 Å². The van der Waals surface area contributed by atoms with E-state index in [0.717, 1.165) is 5.06 Å². The predicted molar refractivity (Wildman–Crippen MR) is 76.1 cm³/mol. The van der Waals surface area contributed by atoms with Crippen molar-refractivity contribution in [1.29, 1.82) is 0 Å². The van der Waals surface area contributed by atoms with Crippen molar-refractivity contribution in [2.24, 2.45) is 0 Å². The number of para-hydroxylation sites is 2. The number of carbonyl (C=O) groups is 2. The van der Waals surface area contributed by atoms with Crippen LogP contribution >= 0.6 is 0 Å². The molecule has 0 radical (unpaired) electrons. The second-order valence-corrected chi connectivity index (χ2v) is 4.01. The van der Waals surface area contributed by atoms with Gasteiger partial charge in [0.15, 0.2) is 0 Å². The Morgan fingerprint density at radius 3 is 2.05 bits per heavy atom. The van der Waals surface area contributed by atoms with Crippen molar-refractivity contribution in [3.8, 4) is 0 Å². The molecule has 0 aromatic heterocycles. The van der Waals surface area contributed by atoms with Crippen molar-refractivity contribution < 1.29 is 14.4 Å². The average Bonchev–Trinajstić information content (AvgIpc) is 2.46. The zero-order valence-electron chi connectivity index (χ0n) is 10.9. The van der Waals surface area contributed by atoms with Crippen LogP contribution in [-0.4, -0.2) is 12.0 Å². The van der Waals surface area contributed by atoms with E-state index in [2.05, 4.69) is 5.32 Å². The van der Waals surface area contributed by atoms with Crippen LogP contribution in [0, 0.1) is 0 Å². The quantitative estimate of drug-likeness (QED) is 0.852. The highest BCUT2D eigenvalue weighted by molar-refractivity contribution is 6.01. The van der Waals surface area contributed by atoms with Crippen LogP contribution in [0.2, 0.25) is 0 Å². The lowest BCUT2D eigenvalue weighted by atomic mass is 10.3. The maximum atomic E-state index is 12.2. The van der Waals surface area contributed by atoms with Gasteiger partial charge in [-0.3, -0.25) is 0 Å². The molecule has 0 aliphatic heterocycles. The largest absolute Gasteiger partial charge is 0.359 e. The fourth-order valence-corrected chi connectivity index (χ4v) is 1.60. The molecule has 0 saturated carbocycles. The van der Waals surface area contributed by atoms with E-state index in [1.165, 1.54) is 6.92 Å². The van der Waals surface area contributed by atoms with Gasteiger partial charge in [0, 0.05) is 12.6 Å². The minimum atomic E-state index is -0.572. The molecule has 2 aromatic carbocycles. The summed E-state index contributed by atoms with van der Waals surface area (Å²) < 4.78 is 0. The summed E-state index contributed by atoms with van der Waals surface area (Å²) in [5.74, 6) is -0.572. The number of hydrogen-bond acceptors (Lipinski definition) is 3. The van der Waals surface area contributed by atoms with E-state index in [0.29, 0.717) is 11.4 Å². The Labute approximate surface area is 116 Å². The Morgan fingerprint density at radius 1 is 0.950 bits per heavy atom. The Bertz CT molecular complexity index is 585. The Hall–Kier alpha value is -2.82. The molecule has 2 amide bonds. The number of nitrogens with one attached hydrogen (secondary N) is 1. The molecule has 0 atom stereocenters. The molecule has 1 N–H and O–H groups in total. The molecule has 2 rings (SSSR count). The van der Waals surface area contributed by atoms with Crippen LogP contribution in [0.3, 0.4) is 0 Å². The van der Waals surface area contributed by atoms with Gasteiger partial charge in [-0.25, -0.2) is 9.59 Å². The van der Waals surface area contributed by atoms with Gasteiger partial charge in [0.05, 0.1) is 5.69 Å². The minimum Gasteiger partial charge on any atom is -0.332 e. The van der Waals surface area contributed by atoms with Gasteiger partial charge in [-0.05, 0) is 24.3 Å². The molecule has 0 aliphatic rings. The molecular formula is C15H14N2O3. The third-order valence-electron chi connectivity index (χ3n) is 2.42. The van der Waals surface area contributed by atoms with Crippen LogP contribution in [0.25, 0.3) is 0 Å². The summed E-state index contributed by atoms with van der Waals surface area (Å²) in [5.41, 5.74) is 1.08. The third kappa shape index (κ3) is 3.58. The van der Waals surface area contributed by atoms with E-state index in [9.17, 15) is 9.59 Å². The second kappa shape index (κ2) is 6.38. The van der Waals surface area contributed by atoms with E-state index in [1.54, 1.807) is 48.5 Å². The lowest BCUT2D eigenvalue weighted by molar-refractivity contribution is -0.141. The Kier molecular flexibility index (Phi) is 4.34. The summed E-state index contributed by atoms with van der Waals surface area (Å²) in [6.07, 6.45) is 0. The van der Waals surface area contributed by atoms with E-state index >= 15 is 0 Å². The fraction of sp³-hybridized carbons (Fsp3) is 0.0667.